The zero-order valence-corrected chi connectivity index (χ0v) is 12.8. The molecule has 118 valence electrons. The molecule has 1 amide bonds. The number of allylic oxidation sites excluding steroid dienone is 1. The van der Waals surface area contributed by atoms with E-state index in [9.17, 15) is 4.79 Å². The largest absolute Gasteiger partial charge is 0.396 e. The van der Waals surface area contributed by atoms with Crippen LogP contribution >= 0.6 is 0 Å². The van der Waals surface area contributed by atoms with E-state index in [-0.39, 0.29) is 5.91 Å². The first-order valence-corrected chi connectivity index (χ1v) is 8.00. The fraction of sp³-hybridized carbons (Fsp3) is 0.812. The summed E-state index contributed by atoms with van der Waals surface area (Å²) in [5.41, 5.74) is 0. The lowest BCUT2D eigenvalue weighted by atomic mass is 10.1. The van der Waals surface area contributed by atoms with Crippen LogP contribution in [0.1, 0.15) is 57.8 Å². The molecule has 3 N–H and O–H groups in total. The van der Waals surface area contributed by atoms with E-state index >= 15 is 0 Å². The van der Waals surface area contributed by atoms with Crippen LogP contribution in [0.2, 0.25) is 0 Å². The highest BCUT2D eigenvalue weighted by Crippen LogP contribution is 2.04. The van der Waals surface area contributed by atoms with Crippen LogP contribution in [0.3, 0.4) is 0 Å². The summed E-state index contributed by atoms with van der Waals surface area (Å²) in [5, 5.41) is 14.9. The van der Waals surface area contributed by atoms with Crippen molar-refractivity contribution in [1.29, 1.82) is 0 Å². The Kier molecular flexibility index (Phi) is 15.5. The smallest absolute Gasteiger partial charge is 0.220 e. The van der Waals surface area contributed by atoms with E-state index in [0.717, 1.165) is 38.8 Å². The molecule has 20 heavy (non-hydrogen) atoms. The van der Waals surface area contributed by atoms with Crippen LogP contribution in [0.4, 0.5) is 0 Å². The highest BCUT2D eigenvalue weighted by Gasteiger charge is 1.98. The van der Waals surface area contributed by atoms with Gasteiger partial charge >= 0.3 is 0 Å². The molecular weight excluding hydrogens is 252 g/mol. The molecule has 0 aromatic heterocycles. The first-order valence-electron chi connectivity index (χ1n) is 8.00. The first-order chi connectivity index (χ1) is 9.81. The molecule has 0 rings (SSSR count). The maximum atomic E-state index is 11.4. The second-order valence-corrected chi connectivity index (χ2v) is 5.13. The number of nitrogens with one attached hydrogen (secondary N) is 2. The van der Waals surface area contributed by atoms with Gasteiger partial charge in [0.1, 0.15) is 0 Å². The second-order valence-electron chi connectivity index (χ2n) is 5.13. The van der Waals surface area contributed by atoms with Crippen LogP contribution in [0.5, 0.6) is 0 Å². The first kappa shape index (κ1) is 19.1. The summed E-state index contributed by atoms with van der Waals surface area (Å²) in [7, 11) is 0. The summed E-state index contributed by atoms with van der Waals surface area (Å²) >= 11 is 0. The maximum absolute atomic E-state index is 11.4. The molecule has 0 aliphatic carbocycles. The number of carbonyl (C=O) groups excluding carboxylic acids is 1. The highest BCUT2D eigenvalue weighted by atomic mass is 16.2. The number of unbranched alkanes of at least 4 members (excludes halogenated alkanes) is 6. The van der Waals surface area contributed by atoms with Gasteiger partial charge in [0.2, 0.25) is 5.91 Å². The lowest BCUT2D eigenvalue weighted by molar-refractivity contribution is -0.121. The minimum Gasteiger partial charge on any atom is -0.396 e. The molecule has 0 heterocycles. The van der Waals surface area contributed by atoms with Crippen LogP contribution in [-0.2, 0) is 4.79 Å². The number of hydrogen-bond donors (Lipinski definition) is 3. The quantitative estimate of drug-likeness (QED) is 0.320. The Morgan fingerprint density at radius 1 is 0.950 bits per heavy atom. The van der Waals surface area contributed by atoms with Crippen molar-refractivity contribution >= 4 is 5.91 Å². The van der Waals surface area contributed by atoms with E-state index in [1.54, 1.807) is 0 Å². The van der Waals surface area contributed by atoms with E-state index in [2.05, 4.69) is 17.2 Å². The van der Waals surface area contributed by atoms with Gasteiger partial charge in [0.25, 0.3) is 0 Å². The third-order valence-corrected chi connectivity index (χ3v) is 3.20. The minimum atomic E-state index is 0.137. The molecule has 0 aromatic carbocycles. The van der Waals surface area contributed by atoms with Crippen molar-refractivity contribution in [3.63, 3.8) is 0 Å². The van der Waals surface area contributed by atoms with Crippen molar-refractivity contribution in [3.05, 3.63) is 12.7 Å². The van der Waals surface area contributed by atoms with E-state index < -0.39 is 0 Å². The van der Waals surface area contributed by atoms with Crippen molar-refractivity contribution < 1.29 is 9.90 Å². The standard InChI is InChI=1S/C16H32N2O2/c1-2-3-8-11-16(20)18-14-13-17-12-9-6-4-5-7-10-15-19/h2,17,19H,1,3-15H2,(H,18,20). The van der Waals surface area contributed by atoms with Crippen LogP contribution in [0.15, 0.2) is 12.7 Å². The van der Waals surface area contributed by atoms with E-state index in [1.807, 2.05) is 6.08 Å². The number of carbonyl (C=O) groups is 1. The van der Waals surface area contributed by atoms with Gasteiger partial charge in [0, 0.05) is 26.1 Å². The molecule has 0 aliphatic rings. The summed E-state index contributed by atoms with van der Waals surface area (Å²) in [5.74, 6) is 0.137. The molecule has 0 fully saturated rings. The fourth-order valence-corrected chi connectivity index (χ4v) is 1.98. The molecule has 0 saturated carbocycles. The van der Waals surface area contributed by atoms with Crippen molar-refractivity contribution in [2.75, 3.05) is 26.2 Å². The maximum Gasteiger partial charge on any atom is 0.220 e. The molecule has 0 spiro atoms. The Morgan fingerprint density at radius 3 is 2.35 bits per heavy atom. The molecule has 4 nitrogen and oxygen atoms in total. The number of amides is 1. The Hall–Kier alpha value is -0.870. The van der Waals surface area contributed by atoms with Gasteiger partial charge in [-0.3, -0.25) is 4.79 Å². The third-order valence-electron chi connectivity index (χ3n) is 3.20. The lowest BCUT2D eigenvalue weighted by Gasteiger charge is -2.06. The van der Waals surface area contributed by atoms with Crippen LogP contribution in [0.25, 0.3) is 0 Å². The van der Waals surface area contributed by atoms with Gasteiger partial charge in [-0.05, 0) is 32.2 Å². The molecule has 0 atom stereocenters. The van der Waals surface area contributed by atoms with Crippen LogP contribution in [0, 0.1) is 0 Å². The molecule has 4 heteroatoms. The number of rotatable bonds is 15. The number of aliphatic hydroxyl groups excluding tert-OH is 1. The predicted octanol–water partition coefficient (Wildman–Crippen LogP) is 2.38. The average molecular weight is 284 g/mol. The number of hydrogen-bond acceptors (Lipinski definition) is 3. The van der Waals surface area contributed by atoms with Crippen LogP contribution in [-0.4, -0.2) is 37.3 Å². The minimum absolute atomic E-state index is 0.137. The van der Waals surface area contributed by atoms with Crippen molar-refractivity contribution in [1.82, 2.24) is 10.6 Å². The Bertz CT molecular complexity index is 233. The van der Waals surface area contributed by atoms with Gasteiger partial charge < -0.3 is 15.7 Å². The van der Waals surface area contributed by atoms with Gasteiger partial charge in [0.15, 0.2) is 0 Å². The summed E-state index contributed by atoms with van der Waals surface area (Å²) in [6, 6.07) is 0. The van der Waals surface area contributed by atoms with Gasteiger partial charge in [-0.25, -0.2) is 0 Å². The molecule has 0 aliphatic heterocycles. The Morgan fingerprint density at radius 2 is 1.65 bits per heavy atom. The molecular formula is C16H32N2O2. The second kappa shape index (κ2) is 16.2. The third kappa shape index (κ3) is 15.2. The summed E-state index contributed by atoms with van der Waals surface area (Å²) in [6.07, 6.45) is 11.2. The Balaban J connectivity index is 3.08. The highest BCUT2D eigenvalue weighted by molar-refractivity contribution is 5.75. The van der Waals surface area contributed by atoms with Gasteiger partial charge in [0.05, 0.1) is 0 Å². The Labute approximate surface area is 124 Å². The van der Waals surface area contributed by atoms with E-state index in [1.165, 1.54) is 25.7 Å². The molecule has 0 bridgehead atoms. The van der Waals surface area contributed by atoms with Gasteiger partial charge in [-0.15, -0.1) is 6.58 Å². The summed E-state index contributed by atoms with van der Waals surface area (Å²) in [6.45, 7) is 6.53. The SMILES string of the molecule is C=CCCCC(=O)NCCNCCCCCCCCO. The molecule has 0 aromatic rings. The molecule has 0 unspecified atom stereocenters. The zero-order chi connectivity index (χ0) is 14.9. The van der Waals surface area contributed by atoms with Crippen LogP contribution < -0.4 is 10.6 Å². The van der Waals surface area contributed by atoms with Crippen molar-refractivity contribution in [2.45, 2.75) is 57.8 Å². The van der Waals surface area contributed by atoms with Gasteiger partial charge in [-0.2, -0.15) is 0 Å². The fourth-order valence-electron chi connectivity index (χ4n) is 1.98. The number of aliphatic hydroxyl groups is 1. The summed E-state index contributed by atoms with van der Waals surface area (Å²) < 4.78 is 0. The summed E-state index contributed by atoms with van der Waals surface area (Å²) in [4.78, 5) is 11.4. The lowest BCUT2D eigenvalue weighted by Crippen LogP contribution is -2.32. The monoisotopic (exact) mass is 284 g/mol. The van der Waals surface area contributed by atoms with E-state index in [4.69, 9.17) is 5.11 Å². The normalized spacial score (nSPS) is 10.4. The topological polar surface area (TPSA) is 61.4 Å². The zero-order valence-electron chi connectivity index (χ0n) is 12.8. The van der Waals surface area contributed by atoms with Crippen molar-refractivity contribution in [2.24, 2.45) is 0 Å². The van der Waals surface area contributed by atoms with E-state index in [0.29, 0.717) is 19.6 Å². The van der Waals surface area contributed by atoms with Gasteiger partial charge in [-0.1, -0.05) is 31.8 Å². The van der Waals surface area contributed by atoms with Crippen molar-refractivity contribution in [3.8, 4) is 0 Å². The molecule has 0 radical (unpaired) electrons. The average Bonchev–Trinajstić information content (AvgIpc) is 2.45. The molecule has 0 saturated heterocycles. The predicted molar refractivity (Wildman–Crippen MR) is 84.7 cm³/mol.